The molecule has 1 amide bonds. The van der Waals surface area contributed by atoms with Crippen LogP contribution in [0.1, 0.15) is 42.0 Å². The van der Waals surface area contributed by atoms with Crippen molar-refractivity contribution in [3.8, 4) is 0 Å². The zero-order chi connectivity index (χ0) is 19.0. The highest BCUT2D eigenvalue weighted by Crippen LogP contribution is 2.35. The molecule has 7 nitrogen and oxygen atoms in total. The van der Waals surface area contributed by atoms with E-state index in [4.69, 9.17) is 0 Å². The Hall–Kier alpha value is -2.48. The summed E-state index contributed by atoms with van der Waals surface area (Å²) in [5.41, 5.74) is 2.66. The molecule has 27 heavy (non-hydrogen) atoms. The third-order valence-electron chi connectivity index (χ3n) is 5.41. The molecule has 1 aromatic heterocycles. The van der Waals surface area contributed by atoms with Gasteiger partial charge in [-0.3, -0.25) is 4.79 Å². The predicted octanol–water partition coefficient (Wildman–Crippen LogP) is 2.14. The Morgan fingerprint density at radius 1 is 1.33 bits per heavy atom. The summed E-state index contributed by atoms with van der Waals surface area (Å²) in [5, 5.41) is 11.7. The summed E-state index contributed by atoms with van der Waals surface area (Å²) in [5.74, 6) is -0.464. The zero-order valence-corrected chi connectivity index (χ0v) is 15.8. The maximum absolute atomic E-state index is 13.8. The first-order valence-electron chi connectivity index (χ1n) is 9.59. The van der Waals surface area contributed by atoms with Gasteiger partial charge in [-0.2, -0.15) is 0 Å². The molecule has 2 aromatic rings. The number of anilines is 2. The van der Waals surface area contributed by atoms with Crippen LogP contribution < -0.4 is 15.1 Å². The molecule has 0 saturated carbocycles. The third-order valence-corrected chi connectivity index (χ3v) is 5.41. The highest BCUT2D eigenvalue weighted by atomic mass is 19.1. The quantitative estimate of drug-likeness (QED) is 0.891. The van der Waals surface area contributed by atoms with E-state index < -0.39 is 0 Å². The molecule has 1 fully saturated rings. The van der Waals surface area contributed by atoms with Gasteiger partial charge in [0, 0.05) is 26.2 Å². The van der Waals surface area contributed by atoms with Crippen molar-refractivity contribution in [2.45, 2.75) is 32.7 Å². The standard InChI is InChI=1S/C19H25FN6O/c1-3-8-24-9-10-25(16-5-4-14(20)11-17(16)24)19(27)18-13(2)26(23-22-18)15-6-7-21-12-15/h4-5,11,15,21H,3,6-10,12H2,1-2H3/t15-/m0/s1. The summed E-state index contributed by atoms with van der Waals surface area (Å²) in [4.78, 5) is 17.1. The van der Waals surface area contributed by atoms with Crippen molar-refractivity contribution in [3.05, 3.63) is 35.4 Å². The summed E-state index contributed by atoms with van der Waals surface area (Å²) >= 11 is 0. The molecule has 144 valence electrons. The lowest BCUT2D eigenvalue weighted by Gasteiger charge is -2.37. The molecule has 0 spiro atoms. The van der Waals surface area contributed by atoms with Crippen molar-refractivity contribution >= 4 is 17.3 Å². The molecule has 2 aliphatic heterocycles. The first kappa shape index (κ1) is 17.9. The Bertz CT molecular complexity index is 845. The molecule has 1 saturated heterocycles. The van der Waals surface area contributed by atoms with Crippen LogP contribution in [0.2, 0.25) is 0 Å². The molecule has 0 bridgehead atoms. The number of hydrogen-bond donors (Lipinski definition) is 1. The summed E-state index contributed by atoms with van der Waals surface area (Å²) in [6.07, 6.45) is 1.95. The number of halogens is 1. The van der Waals surface area contributed by atoms with Gasteiger partial charge in [0.15, 0.2) is 5.69 Å². The van der Waals surface area contributed by atoms with Crippen molar-refractivity contribution < 1.29 is 9.18 Å². The van der Waals surface area contributed by atoms with E-state index in [9.17, 15) is 9.18 Å². The van der Waals surface area contributed by atoms with Crippen molar-refractivity contribution in [2.75, 3.05) is 42.5 Å². The molecule has 0 unspecified atom stereocenters. The van der Waals surface area contributed by atoms with Crippen LogP contribution in [0, 0.1) is 12.7 Å². The van der Waals surface area contributed by atoms with E-state index in [-0.39, 0.29) is 17.8 Å². The Morgan fingerprint density at radius 3 is 2.93 bits per heavy atom. The molecule has 0 radical (unpaired) electrons. The number of hydrogen-bond acceptors (Lipinski definition) is 5. The van der Waals surface area contributed by atoms with Crippen molar-refractivity contribution in [1.82, 2.24) is 20.3 Å². The lowest BCUT2D eigenvalue weighted by molar-refractivity contribution is 0.0981. The third kappa shape index (κ3) is 3.18. The molecule has 1 aromatic carbocycles. The molecular weight excluding hydrogens is 347 g/mol. The van der Waals surface area contributed by atoms with E-state index >= 15 is 0 Å². The van der Waals surface area contributed by atoms with Gasteiger partial charge in [-0.25, -0.2) is 9.07 Å². The number of rotatable bonds is 4. The summed E-state index contributed by atoms with van der Waals surface area (Å²) in [6.45, 7) is 7.84. The smallest absolute Gasteiger partial charge is 0.280 e. The van der Waals surface area contributed by atoms with Crippen LogP contribution in [-0.2, 0) is 0 Å². The SMILES string of the molecule is CCCN1CCN(C(=O)c2nnn([C@H]3CCNC3)c2C)c2ccc(F)cc21. The predicted molar refractivity (Wildman–Crippen MR) is 102 cm³/mol. The molecule has 1 atom stereocenters. The van der Waals surface area contributed by atoms with Crippen molar-refractivity contribution in [1.29, 1.82) is 0 Å². The molecule has 2 aliphatic rings. The largest absolute Gasteiger partial charge is 0.368 e. The number of aromatic nitrogens is 3. The summed E-state index contributed by atoms with van der Waals surface area (Å²) in [7, 11) is 0. The van der Waals surface area contributed by atoms with E-state index in [1.165, 1.54) is 12.1 Å². The minimum absolute atomic E-state index is 0.172. The molecule has 8 heteroatoms. The molecule has 0 aliphatic carbocycles. The van der Waals surface area contributed by atoms with Crippen LogP contribution in [-0.4, -0.2) is 53.6 Å². The number of nitrogens with one attached hydrogen (secondary N) is 1. The highest BCUT2D eigenvalue weighted by molar-refractivity contribution is 6.07. The molecule has 3 heterocycles. The van der Waals surface area contributed by atoms with Gasteiger partial charge in [-0.1, -0.05) is 12.1 Å². The Balaban J connectivity index is 1.65. The number of benzene rings is 1. The van der Waals surface area contributed by atoms with Gasteiger partial charge in [0.05, 0.1) is 23.1 Å². The molecule has 1 N–H and O–H groups in total. The lowest BCUT2D eigenvalue weighted by Crippen LogP contribution is -2.44. The Kier molecular flexibility index (Phi) is 4.82. The van der Waals surface area contributed by atoms with Crippen molar-refractivity contribution in [2.24, 2.45) is 0 Å². The zero-order valence-electron chi connectivity index (χ0n) is 15.8. The van der Waals surface area contributed by atoms with E-state index in [0.29, 0.717) is 18.8 Å². The summed E-state index contributed by atoms with van der Waals surface area (Å²) in [6, 6.07) is 4.84. The molecular formula is C19H25FN6O. The van der Waals surface area contributed by atoms with Gasteiger partial charge < -0.3 is 15.1 Å². The van der Waals surface area contributed by atoms with Crippen LogP contribution in [0.25, 0.3) is 0 Å². The number of carbonyl (C=O) groups is 1. The van der Waals surface area contributed by atoms with E-state index in [0.717, 1.165) is 49.5 Å². The van der Waals surface area contributed by atoms with E-state index in [1.54, 1.807) is 11.0 Å². The minimum atomic E-state index is -0.292. The van der Waals surface area contributed by atoms with Crippen LogP contribution >= 0.6 is 0 Å². The summed E-state index contributed by atoms with van der Waals surface area (Å²) < 4.78 is 15.7. The van der Waals surface area contributed by atoms with Crippen LogP contribution in [0.15, 0.2) is 18.2 Å². The number of amides is 1. The first-order valence-corrected chi connectivity index (χ1v) is 9.59. The average Bonchev–Trinajstić information content (AvgIpc) is 3.31. The van der Waals surface area contributed by atoms with Gasteiger partial charge >= 0.3 is 0 Å². The maximum Gasteiger partial charge on any atom is 0.280 e. The van der Waals surface area contributed by atoms with Crippen molar-refractivity contribution in [3.63, 3.8) is 0 Å². The Labute approximate surface area is 158 Å². The average molecular weight is 372 g/mol. The topological polar surface area (TPSA) is 66.3 Å². The second kappa shape index (κ2) is 7.26. The van der Waals surface area contributed by atoms with Gasteiger partial charge in [0.2, 0.25) is 0 Å². The maximum atomic E-state index is 13.8. The number of carbonyl (C=O) groups excluding carboxylic acids is 1. The highest BCUT2D eigenvalue weighted by Gasteiger charge is 2.31. The van der Waals surface area contributed by atoms with E-state index in [1.807, 2.05) is 11.6 Å². The second-order valence-corrected chi connectivity index (χ2v) is 7.19. The van der Waals surface area contributed by atoms with Gasteiger partial charge in [-0.05, 0) is 44.5 Å². The minimum Gasteiger partial charge on any atom is -0.368 e. The second-order valence-electron chi connectivity index (χ2n) is 7.19. The normalized spacial score (nSPS) is 19.4. The van der Waals surface area contributed by atoms with Crippen LogP contribution in [0.3, 0.4) is 0 Å². The molecule has 4 rings (SSSR count). The Morgan fingerprint density at radius 2 is 2.19 bits per heavy atom. The fourth-order valence-electron chi connectivity index (χ4n) is 4.01. The first-order chi connectivity index (χ1) is 13.1. The van der Waals surface area contributed by atoms with E-state index in [2.05, 4.69) is 27.5 Å². The lowest BCUT2D eigenvalue weighted by atomic mass is 10.1. The van der Waals surface area contributed by atoms with Gasteiger partial charge in [-0.15, -0.1) is 5.10 Å². The number of fused-ring (bicyclic) bond motifs is 1. The van der Waals surface area contributed by atoms with Gasteiger partial charge in [0.25, 0.3) is 5.91 Å². The van der Waals surface area contributed by atoms with Crippen LogP contribution in [0.4, 0.5) is 15.8 Å². The monoisotopic (exact) mass is 372 g/mol. The van der Waals surface area contributed by atoms with Gasteiger partial charge in [0.1, 0.15) is 5.82 Å². The number of nitrogens with zero attached hydrogens (tertiary/aromatic N) is 5. The van der Waals surface area contributed by atoms with Crippen LogP contribution in [0.5, 0.6) is 0 Å². The fourth-order valence-corrected chi connectivity index (χ4v) is 4.01. The fraction of sp³-hybridized carbons (Fsp3) is 0.526.